The standard InChI is InChI=1S/C16H17F2NS/c1-3-20-15-6-4-11(5-7-15)16(19-2)12-8-13(17)10-14(18)9-12/h4-10,16,19H,3H2,1-2H3. The summed E-state index contributed by atoms with van der Waals surface area (Å²) in [4.78, 5) is 1.19. The van der Waals surface area contributed by atoms with Gasteiger partial charge in [0.15, 0.2) is 0 Å². The second kappa shape index (κ2) is 6.86. The van der Waals surface area contributed by atoms with Gasteiger partial charge in [-0.25, -0.2) is 8.78 Å². The molecule has 0 aliphatic heterocycles. The summed E-state index contributed by atoms with van der Waals surface area (Å²) in [6.45, 7) is 2.10. The minimum Gasteiger partial charge on any atom is -0.309 e. The van der Waals surface area contributed by atoms with Crippen LogP contribution in [0.4, 0.5) is 8.78 Å². The van der Waals surface area contributed by atoms with Gasteiger partial charge in [-0.05, 0) is 48.2 Å². The molecule has 2 aromatic carbocycles. The monoisotopic (exact) mass is 293 g/mol. The summed E-state index contributed by atoms with van der Waals surface area (Å²) in [6, 6.07) is 11.4. The first kappa shape index (κ1) is 15.0. The quantitative estimate of drug-likeness (QED) is 0.821. The molecule has 0 aliphatic carbocycles. The van der Waals surface area contributed by atoms with Crippen molar-refractivity contribution in [1.82, 2.24) is 5.32 Å². The number of nitrogens with one attached hydrogen (secondary N) is 1. The Morgan fingerprint density at radius 2 is 1.60 bits per heavy atom. The van der Waals surface area contributed by atoms with Crippen LogP contribution in [0, 0.1) is 11.6 Å². The number of hydrogen-bond acceptors (Lipinski definition) is 2. The molecule has 0 bridgehead atoms. The van der Waals surface area contributed by atoms with Crippen LogP contribution in [0.25, 0.3) is 0 Å². The molecule has 0 saturated carbocycles. The van der Waals surface area contributed by atoms with Crippen molar-refractivity contribution in [2.45, 2.75) is 17.9 Å². The van der Waals surface area contributed by atoms with Gasteiger partial charge in [-0.3, -0.25) is 0 Å². The zero-order valence-corrected chi connectivity index (χ0v) is 12.3. The van der Waals surface area contributed by atoms with Gasteiger partial charge >= 0.3 is 0 Å². The predicted molar refractivity (Wildman–Crippen MR) is 80.1 cm³/mol. The molecule has 0 amide bonds. The highest BCUT2D eigenvalue weighted by Crippen LogP contribution is 2.26. The third-order valence-electron chi connectivity index (χ3n) is 3.03. The van der Waals surface area contributed by atoms with Crippen LogP contribution in [-0.4, -0.2) is 12.8 Å². The van der Waals surface area contributed by atoms with E-state index in [1.54, 1.807) is 18.8 Å². The van der Waals surface area contributed by atoms with Gasteiger partial charge in [-0.15, -0.1) is 11.8 Å². The molecule has 20 heavy (non-hydrogen) atoms. The Kier molecular flexibility index (Phi) is 5.15. The Labute approximate surface area is 122 Å². The van der Waals surface area contributed by atoms with Gasteiger partial charge in [0.05, 0.1) is 6.04 Å². The van der Waals surface area contributed by atoms with E-state index in [0.29, 0.717) is 5.56 Å². The summed E-state index contributed by atoms with van der Waals surface area (Å²) >= 11 is 1.76. The lowest BCUT2D eigenvalue weighted by Crippen LogP contribution is -2.18. The molecule has 1 N–H and O–H groups in total. The second-order valence-corrected chi connectivity index (χ2v) is 5.76. The summed E-state index contributed by atoms with van der Waals surface area (Å²) in [6.07, 6.45) is 0. The lowest BCUT2D eigenvalue weighted by Gasteiger charge is -2.18. The van der Waals surface area contributed by atoms with Crippen LogP contribution in [0.15, 0.2) is 47.4 Å². The van der Waals surface area contributed by atoms with Crippen molar-refractivity contribution >= 4 is 11.8 Å². The summed E-state index contributed by atoms with van der Waals surface area (Å²) in [5, 5.41) is 3.10. The molecule has 0 fully saturated rings. The van der Waals surface area contributed by atoms with E-state index in [1.165, 1.54) is 17.0 Å². The molecule has 1 nitrogen and oxygen atoms in total. The lowest BCUT2D eigenvalue weighted by atomic mass is 9.99. The Balaban J connectivity index is 2.31. The molecule has 0 spiro atoms. The van der Waals surface area contributed by atoms with Crippen molar-refractivity contribution in [1.29, 1.82) is 0 Å². The Hall–Kier alpha value is -1.39. The molecule has 106 valence electrons. The van der Waals surface area contributed by atoms with E-state index in [2.05, 4.69) is 12.2 Å². The van der Waals surface area contributed by atoms with Crippen LogP contribution in [0.1, 0.15) is 24.1 Å². The zero-order valence-electron chi connectivity index (χ0n) is 11.5. The summed E-state index contributed by atoms with van der Waals surface area (Å²) in [5.41, 5.74) is 1.57. The minimum absolute atomic E-state index is 0.221. The fourth-order valence-electron chi connectivity index (χ4n) is 2.19. The second-order valence-electron chi connectivity index (χ2n) is 4.43. The van der Waals surface area contributed by atoms with Gasteiger partial charge in [-0.2, -0.15) is 0 Å². The van der Waals surface area contributed by atoms with Crippen LogP contribution in [0.3, 0.4) is 0 Å². The van der Waals surface area contributed by atoms with Crippen molar-refractivity contribution in [3.63, 3.8) is 0 Å². The summed E-state index contributed by atoms with van der Waals surface area (Å²) in [7, 11) is 1.78. The molecule has 0 aliphatic rings. The van der Waals surface area contributed by atoms with Crippen molar-refractivity contribution in [2.75, 3.05) is 12.8 Å². The highest BCUT2D eigenvalue weighted by atomic mass is 32.2. The molecule has 0 heterocycles. The van der Waals surface area contributed by atoms with E-state index in [1.807, 2.05) is 24.3 Å². The predicted octanol–water partition coefficient (Wildman–Crippen LogP) is 4.39. The van der Waals surface area contributed by atoms with Gasteiger partial charge in [0.25, 0.3) is 0 Å². The third kappa shape index (κ3) is 3.58. The number of thioether (sulfide) groups is 1. The summed E-state index contributed by atoms with van der Waals surface area (Å²) in [5.74, 6) is -0.0963. The fourth-order valence-corrected chi connectivity index (χ4v) is 2.85. The fraction of sp³-hybridized carbons (Fsp3) is 0.250. The van der Waals surface area contributed by atoms with Gasteiger partial charge in [-0.1, -0.05) is 19.1 Å². The Morgan fingerprint density at radius 1 is 1.00 bits per heavy atom. The third-order valence-corrected chi connectivity index (χ3v) is 3.93. The van der Waals surface area contributed by atoms with Gasteiger partial charge in [0, 0.05) is 11.0 Å². The molecule has 1 unspecified atom stereocenters. The van der Waals surface area contributed by atoms with Gasteiger partial charge in [0.1, 0.15) is 11.6 Å². The zero-order chi connectivity index (χ0) is 14.5. The van der Waals surface area contributed by atoms with Crippen LogP contribution >= 0.6 is 11.8 Å². The van der Waals surface area contributed by atoms with Crippen molar-refractivity contribution in [3.8, 4) is 0 Å². The normalized spacial score (nSPS) is 12.4. The Morgan fingerprint density at radius 3 is 2.10 bits per heavy atom. The molecular formula is C16H17F2NS. The number of rotatable bonds is 5. The molecule has 2 aromatic rings. The van der Waals surface area contributed by atoms with Crippen LogP contribution in [0.5, 0.6) is 0 Å². The number of halogens is 2. The molecular weight excluding hydrogens is 276 g/mol. The topological polar surface area (TPSA) is 12.0 Å². The average Bonchev–Trinajstić information content (AvgIpc) is 2.41. The lowest BCUT2D eigenvalue weighted by molar-refractivity contribution is 0.571. The van der Waals surface area contributed by atoms with E-state index in [0.717, 1.165) is 17.4 Å². The molecule has 0 radical (unpaired) electrons. The first-order valence-electron chi connectivity index (χ1n) is 6.50. The highest BCUT2D eigenvalue weighted by Gasteiger charge is 2.14. The first-order chi connectivity index (χ1) is 9.63. The molecule has 0 aromatic heterocycles. The van der Waals surface area contributed by atoms with Gasteiger partial charge in [0.2, 0.25) is 0 Å². The smallest absolute Gasteiger partial charge is 0.126 e. The minimum atomic E-state index is -0.557. The van der Waals surface area contributed by atoms with E-state index in [-0.39, 0.29) is 6.04 Å². The summed E-state index contributed by atoms with van der Waals surface area (Å²) < 4.78 is 26.7. The first-order valence-corrected chi connectivity index (χ1v) is 7.48. The van der Waals surface area contributed by atoms with Crippen molar-refractivity contribution in [3.05, 3.63) is 65.2 Å². The SMILES string of the molecule is CCSc1ccc(C(NC)c2cc(F)cc(F)c2)cc1. The van der Waals surface area contributed by atoms with Crippen LogP contribution in [0.2, 0.25) is 0 Å². The maximum absolute atomic E-state index is 13.3. The maximum atomic E-state index is 13.3. The maximum Gasteiger partial charge on any atom is 0.126 e. The largest absolute Gasteiger partial charge is 0.309 e. The van der Waals surface area contributed by atoms with E-state index < -0.39 is 11.6 Å². The molecule has 0 saturated heterocycles. The highest BCUT2D eigenvalue weighted by molar-refractivity contribution is 7.99. The van der Waals surface area contributed by atoms with Crippen molar-refractivity contribution in [2.24, 2.45) is 0 Å². The number of benzene rings is 2. The molecule has 1 atom stereocenters. The van der Waals surface area contributed by atoms with Gasteiger partial charge < -0.3 is 5.32 Å². The van der Waals surface area contributed by atoms with Crippen molar-refractivity contribution < 1.29 is 8.78 Å². The molecule has 2 rings (SSSR count). The average molecular weight is 293 g/mol. The van der Waals surface area contributed by atoms with Crippen LogP contribution in [-0.2, 0) is 0 Å². The van der Waals surface area contributed by atoms with E-state index in [9.17, 15) is 8.78 Å². The molecule has 4 heteroatoms. The van der Waals surface area contributed by atoms with Crippen LogP contribution < -0.4 is 5.32 Å². The Bertz CT molecular complexity index is 549. The number of hydrogen-bond donors (Lipinski definition) is 1. The van der Waals surface area contributed by atoms with E-state index in [4.69, 9.17) is 0 Å². The van der Waals surface area contributed by atoms with E-state index >= 15 is 0 Å².